The fourth-order valence-corrected chi connectivity index (χ4v) is 4.54. The number of H-pyrrole nitrogens is 1. The molecule has 0 bridgehead atoms. The second-order valence-corrected chi connectivity index (χ2v) is 8.74. The van der Waals surface area contributed by atoms with Gasteiger partial charge in [-0.2, -0.15) is 5.10 Å². The third-order valence-corrected chi connectivity index (χ3v) is 6.16. The van der Waals surface area contributed by atoms with Crippen LogP contribution >= 0.6 is 27.5 Å². The predicted molar refractivity (Wildman–Crippen MR) is 121 cm³/mol. The highest BCUT2D eigenvalue weighted by Crippen LogP contribution is 2.44. The summed E-state index contributed by atoms with van der Waals surface area (Å²) < 4.78 is 14.3. The SMILES string of the molecule is O=C1c2[nH]nc(-c3ccc(Cl)cc3)c2C(c2cccc(Br)c2)N1Cc1ccc(F)cc1. The first-order valence-corrected chi connectivity index (χ1v) is 10.8. The highest BCUT2D eigenvalue weighted by atomic mass is 79.9. The molecule has 7 heteroatoms. The van der Waals surface area contributed by atoms with Gasteiger partial charge in [0.15, 0.2) is 0 Å². The van der Waals surface area contributed by atoms with Crippen molar-refractivity contribution in [1.82, 2.24) is 15.1 Å². The van der Waals surface area contributed by atoms with Crippen molar-refractivity contribution in [3.05, 3.63) is 110 Å². The molecule has 2 heterocycles. The third kappa shape index (κ3) is 3.66. The Hall–Kier alpha value is -2.96. The zero-order valence-corrected chi connectivity index (χ0v) is 18.5. The Balaban J connectivity index is 1.64. The fourth-order valence-electron chi connectivity index (χ4n) is 4.00. The standard InChI is InChI=1S/C24H16BrClFN3O/c25-17-3-1-2-16(12-17)23-20-21(15-6-8-18(26)9-7-15)28-29-22(20)24(31)30(23)13-14-4-10-19(27)11-5-14/h1-12,23H,13H2,(H,28,29). The molecule has 1 aromatic heterocycles. The van der Waals surface area contributed by atoms with Gasteiger partial charge in [0.1, 0.15) is 11.5 Å². The van der Waals surface area contributed by atoms with Crippen LogP contribution in [0.15, 0.2) is 77.3 Å². The molecule has 0 saturated carbocycles. The molecule has 4 nitrogen and oxygen atoms in total. The van der Waals surface area contributed by atoms with Crippen LogP contribution < -0.4 is 0 Å². The fraction of sp³-hybridized carbons (Fsp3) is 0.0833. The van der Waals surface area contributed by atoms with E-state index in [-0.39, 0.29) is 17.8 Å². The van der Waals surface area contributed by atoms with E-state index >= 15 is 0 Å². The van der Waals surface area contributed by atoms with Crippen LogP contribution in [0.5, 0.6) is 0 Å². The van der Waals surface area contributed by atoms with E-state index in [1.54, 1.807) is 29.2 Å². The summed E-state index contributed by atoms with van der Waals surface area (Å²) in [4.78, 5) is 15.2. The van der Waals surface area contributed by atoms with Gasteiger partial charge < -0.3 is 4.90 Å². The topological polar surface area (TPSA) is 49.0 Å². The molecule has 4 aromatic rings. The number of nitrogens with zero attached hydrogens (tertiary/aromatic N) is 2. The minimum Gasteiger partial charge on any atom is -0.322 e. The number of halogens is 3. The molecule has 0 radical (unpaired) electrons. The van der Waals surface area contributed by atoms with E-state index < -0.39 is 0 Å². The average Bonchev–Trinajstić information content (AvgIpc) is 3.30. The lowest BCUT2D eigenvalue weighted by atomic mass is 9.96. The molecule has 1 atom stereocenters. The minimum atomic E-state index is -0.338. The average molecular weight is 497 g/mol. The molecular formula is C24H16BrClFN3O. The maximum Gasteiger partial charge on any atom is 0.273 e. The van der Waals surface area contributed by atoms with E-state index in [1.807, 2.05) is 36.4 Å². The Kier molecular flexibility index (Phi) is 5.12. The van der Waals surface area contributed by atoms with Gasteiger partial charge in [0.25, 0.3) is 5.91 Å². The molecule has 1 amide bonds. The first-order chi connectivity index (χ1) is 15.0. The summed E-state index contributed by atoms with van der Waals surface area (Å²) >= 11 is 9.60. The molecule has 5 rings (SSSR count). The molecule has 0 spiro atoms. The van der Waals surface area contributed by atoms with Crippen LogP contribution in [-0.4, -0.2) is 21.0 Å². The number of carbonyl (C=O) groups is 1. The Morgan fingerprint density at radius 2 is 1.81 bits per heavy atom. The second kappa shape index (κ2) is 7.94. The summed E-state index contributed by atoms with van der Waals surface area (Å²) in [6, 6.07) is 21.2. The number of nitrogens with one attached hydrogen (secondary N) is 1. The normalized spacial score (nSPS) is 15.4. The van der Waals surface area contributed by atoms with E-state index in [2.05, 4.69) is 26.1 Å². The number of aromatic amines is 1. The van der Waals surface area contributed by atoms with Crippen molar-refractivity contribution in [3.63, 3.8) is 0 Å². The van der Waals surface area contributed by atoms with Gasteiger partial charge in [-0.1, -0.05) is 63.9 Å². The van der Waals surface area contributed by atoms with Gasteiger partial charge in [-0.3, -0.25) is 9.89 Å². The van der Waals surface area contributed by atoms with Gasteiger partial charge >= 0.3 is 0 Å². The van der Waals surface area contributed by atoms with E-state index in [9.17, 15) is 9.18 Å². The molecule has 1 unspecified atom stereocenters. The van der Waals surface area contributed by atoms with Crippen molar-refractivity contribution in [1.29, 1.82) is 0 Å². The summed E-state index contributed by atoms with van der Waals surface area (Å²) in [7, 11) is 0. The maximum atomic E-state index is 13.4. The summed E-state index contributed by atoms with van der Waals surface area (Å²) in [5.74, 6) is -0.448. The van der Waals surface area contributed by atoms with E-state index in [0.717, 1.165) is 26.7 Å². The van der Waals surface area contributed by atoms with Crippen LogP contribution in [0.4, 0.5) is 4.39 Å². The zero-order chi connectivity index (χ0) is 21.5. The number of hydrogen-bond donors (Lipinski definition) is 1. The van der Waals surface area contributed by atoms with Crippen LogP contribution in [0.3, 0.4) is 0 Å². The summed E-state index contributed by atoms with van der Waals surface area (Å²) in [6.45, 7) is 0.346. The molecular weight excluding hydrogens is 481 g/mol. The van der Waals surface area contributed by atoms with E-state index in [1.165, 1.54) is 12.1 Å². The number of aromatic nitrogens is 2. The molecule has 31 heavy (non-hydrogen) atoms. The minimum absolute atomic E-state index is 0.142. The van der Waals surface area contributed by atoms with E-state index in [0.29, 0.717) is 23.0 Å². The second-order valence-electron chi connectivity index (χ2n) is 7.38. The molecule has 0 saturated heterocycles. The van der Waals surface area contributed by atoms with Crippen molar-refractivity contribution in [2.24, 2.45) is 0 Å². The van der Waals surface area contributed by atoms with Crippen molar-refractivity contribution in [3.8, 4) is 11.3 Å². The quantitative estimate of drug-likeness (QED) is 0.356. The first kappa shape index (κ1) is 20.0. The van der Waals surface area contributed by atoms with Gasteiger partial charge in [0.05, 0.1) is 11.7 Å². The van der Waals surface area contributed by atoms with Crippen molar-refractivity contribution < 1.29 is 9.18 Å². The summed E-state index contributed by atoms with van der Waals surface area (Å²) in [6.07, 6.45) is 0. The van der Waals surface area contributed by atoms with Gasteiger partial charge in [-0.15, -0.1) is 0 Å². The molecule has 0 aliphatic carbocycles. The van der Waals surface area contributed by atoms with Gasteiger partial charge in [0.2, 0.25) is 0 Å². The molecule has 0 fully saturated rings. The Labute approximate surface area is 191 Å². The number of amides is 1. The highest BCUT2D eigenvalue weighted by molar-refractivity contribution is 9.10. The first-order valence-electron chi connectivity index (χ1n) is 9.66. The van der Waals surface area contributed by atoms with Crippen molar-refractivity contribution in [2.45, 2.75) is 12.6 Å². The van der Waals surface area contributed by atoms with Crippen LogP contribution in [0.25, 0.3) is 11.3 Å². The Morgan fingerprint density at radius 1 is 1.06 bits per heavy atom. The number of carbonyl (C=O) groups excluding carboxylic acids is 1. The summed E-state index contributed by atoms with van der Waals surface area (Å²) in [5.41, 5.74) is 4.69. The van der Waals surface area contributed by atoms with Crippen molar-refractivity contribution in [2.75, 3.05) is 0 Å². The third-order valence-electron chi connectivity index (χ3n) is 5.41. The molecule has 1 aliphatic heterocycles. The van der Waals surface area contributed by atoms with Crippen LogP contribution in [0, 0.1) is 5.82 Å². The molecule has 1 N–H and O–H groups in total. The largest absolute Gasteiger partial charge is 0.322 e. The maximum absolute atomic E-state index is 13.4. The smallest absolute Gasteiger partial charge is 0.273 e. The number of benzene rings is 3. The number of hydrogen-bond acceptors (Lipinski definition) is 2. The highest BCUT2D eigenvalue weighted by Gasteiger charge is 2.42. The molecule has 154 valence electrons. The zero-order valence-electron chi connectivity index (χ0n) is 16.1. The van der Waals surface area contributed by atoms with Gasteiger partial charge in [0, 0.05) is 27.2 Å². The molecule has 3 aromatic carbocycles. The predicted octanol–water partition coefficient (Wildman–Crippen LogP) is 6.38. The van der Waals surface area contributed by atoms with Crippen LogP contribution in [0.2, 0.25) is 5.02 Å². The molecule has 1 aliphatic rings. The lowest BCUT2D eigenvalue weighted by molar-refractivity contribution is 0.0730. The Bertz CT molecular complexity index is 1270. The Morgan fingerprint density at radius 3 is 2.52 bits per heavy atom. The summed E-state index contributed by atoms with van der Waals surface area (Å²) in [5, 5.41) is 8.04. The van der Waals surface area contributed by atoms with Crippen LogP contribution in [0.1, 0.15) is 33.2 Å². The lowest BCUT2D eigenvalue weighted by Crippen LogP contribution is -2.29. The van der Waals surface area contributed by atoms with Crippen molar-refractivity contribution >= 4 is 33.4 Å². The number of fused-ring (bicyclic) bond motifs is 1. The van der Waals surface area contributed by atoms with Crippen LogP contribution in [-0.2, 0) is 6.54 Å². The van der Waals surface area contributed by atoms with Gasteiger partial charge in [-0.05, 0) is 47.5 Å². The van der Waals surface area contributed by atoms with E-state index in [4.69, 9.17) is 11.6 Å². The number of rotatable bonds is 4. The lowest BCUT2D eigenvalue weighted by Gasteiger charge is -2.26. The monoisotopic (exact) mass is 495 g/mol. The van der Waals surface area contributed by atoms with Gasteiger partial charge in [-0.25, -0.2) is 4.39 Å².